The molecule has 17 heavy (non-hydrogen) atoms. The molecule has 1 aromatic carbocycles. The van der Waals surface area contributed by atoms with Crippen LogP contribution in [-0.4, -0.2) is 25.8 Å². The van der Waals surface area contributed by atoms with Gasteiger partial charge in [-0.2, -0.15) is 0 Å². The first kappa shape index (κ1) is 12.6. The predicted octanol–water partition coefficient (Wildman–Crippen LogP) is 2.56. The van der Waals surface area contributed by atoms with Gasteiger partial charge in [0.05, 0.1) is 5.60 Å². The van der Waals surface area contributed by atoms with E-state index in [4.69, 9.17) is 4.74 Å². The third kappa shape index (κ3) is 3.08. The van der Waals surface area contributed by atoms with E-state index in [-0.39, 0.29) is 5.60 Å². The van der Waals surface area contributed by atoms with Crippen LogP contribution in [0.3, 0.4) is 0 Å². The molecule has 1 aliphatic heterocycles. The third-order valence-electron chi connectivity index (χ3n) is 3.91. The molecule has 1 fully saturated rings. The number of methoxy groups -OCH3 is 1. The minimum Gasteiger partial charge on any atom is -0.378 e. The molecule has 1 aromatic rings. The first-order valence-corrected chi connectivity index (χ1v) is 6.62. The molecule has 0 amide bonds. The molecule has 1 aliphatic rings. The van der Waals surface area contributed by atoms with Crippen molar-refractivity contribution in [3.05, 3.63) is 35.4 Å². The summed E-state index contributed by atoms with van der Waals surface area (Å²) in [6.45, 7) is 4.33. The van der Waals surface area contributed by atoms with Crippen LogP contribution in [0, 0.1) is 0 Å². The fourth-order valence-electron chi connectivity index (χ4n) is 2.60. The summed E-state index contributed by atoms with van der Waals surface area (Å²) in [5.74, 6) is 0. The molecule has 0 spiro atoms. The van der Waals surface area contributed by atoms with E-state index >= 15 is 0 Å². The number of nitrogens with one attached hydrogen (secondary N) is 1. The zero-order chi connectivity index (χ0) is 12.1. The molecule has 2 nitrogen and oxygen atoms in total. The van der Waals surface area contributed by atoms with Gasteiger partial charge in [-0.05, 0) is 43.5 Å². The standard InChI is InChI=1S/C15H23NO/c1-3-13-4-6-14(7-5-13)12-15(17-2)8-10-16-11-9-15/h4-7,16H,3,8-12H2,1-2H3. The summed E-state index contributed by atoms with van der Waals surface area (Å²) >= 11 is 0. The van der Waals surface area contributed by atoms with Crippen molar-refractivity contribution in [3.63, 3.8) is 0 Å². The minimum atomic E-state index is 0.0545. The Kier molecular flexibility index (Phi) is 4.19. The van der Waals surface area contributed by atoms with Gasteiger partial charge in [0.25, 0.3) is 0 Å². The lowest BCUT2D eigenvalue weighted by Gasteiger charge is -2.36. The lowest BCUT2D eigenvalue weighted by Crippen LogP contribution is -2.44. The van der Waals surface area contributed by atoms with Gasteiger partial charge in [-0.15, -0.1) is 0 Å². The first-order valence-electron chi connectivity index (χ1n) is 6.62. The molecule has 0 atom stereocenters. The lowest BCUT2D eigenvalue weighted by atomic mass is 9.85. The van der Waals surface area contributed by atoms with Crippen molar-refractivity contribution in [2.24, 2.45) is 0 Å². The van der Waals surface area contributed by atoms with Crippen LogP contribution in [0.15, 0.2) is 24.3 Å². The van der Waals surface area contributed by atoms with Crippen molar-refractivity contribution in [2.45, 2.75) is 38.2 Å². The fraction of sp³-hybridized carbons (Fsp3) is 0.600. The van der Waals surface area contributed by atoms with E-state index in [1.165, 1.54) is 11.1 Å². The van der Waals surface area contributed by atoms with Crippen LogP contribution in [0.2, 0.25) is 0 Å². The van der Waals surface area contributed by atoms with E-state index in [0.29, 0.717) is 0 Å². The maximum absolute atomic E-state index is 5.80. The van der Waals surface area contributed by atoms with Gasteiger partial charge in [0.15, 0.2) is 0 Å². The van der Waals surface area contributed by atoms with Crippen molar-refractivity contribution >= 4 is 0 Å². The summed E-state index contributed by atoms with van der Waals surface area (Å²) < 4.78 is 5.80. The van der Waals surface area contributed by atoms with Crippen molar-refractivity contribution in [1.29, 1.82) is 0 Å². The van der Waals surface area contributed by atoms with E-state index in [9.17, 15) is 0 Å². The molecule has 0 saturated carbocycles. The smallest absolute Gasteiger partial charge is 0.0743 e. The molecule has 1 saturated heterocycles. The normalized spacial score (nSPS) is 19.2. The van der Waals surface area contributed by atoms with Gasteiger partial charge in [-0.3, -0.25) is 0 Å². The fourth-order valence-corrected chi connectivity index (χ4v) is 2.60. The Balaban J connectivity index is 2.06. The lowest BCUT2D eigenvalue weighted by molar-refractivity contribution is -0.0333. The third-order valence-corrected chi connectivity index (χ3v) is 3.91. The van der Waals surface area contributed by atoms with Crippen molar-refractivity contribution in [1.82, 2.24) is 5.32 Å². The highest BCUT2D eigenvalue weighted by atomic mass is 16.5. The quantitative estimate of drug-likeness (QED) is 0.863. The molecule has 1 heterocycles. The van der Waals surface area contributed by atoms with Crippen molar-refractivity contribution in [3.8, 4) is 0 Å². The first-order chi connectivity index (χ1) is 8.28. The van der Waals surface area contributed by atoms with Crippen LogP contribution in [0.5, 0.6) is 0 Å². The van der Waals surface area contributed by atoms with Gasteiger partial charge in [0.2, 0.25) is 0 Å². The van der Waals surface area contributed by atoms with E-state index in [0.717, 1.165) is 38.8 Å². The highest BCUT2D eigenvalue weighted by Gasteiger charge is 2.31. The van der Waals surface area contributed by atoms with Gasteiger partial charge < -0.3 is 10.1 Å². The second-order valence-electron chi connectivity index (χ2n) is 4.98. The summed E-state index contributed by atoms with van der Waals surface area (Å²) in [5.41, 5.74) is 2.86. The summed E-state index contributed by atoms with van der Waals surface area (Å²) in [5, 5.41) is 3.40. The van der Waals surface area contributed by atoms with Gasteiger partial charge >= 0.3 is 0 Å². The van der Waals surface area contributed by atoms with Crippen molar-refractivity contribution < 1.29 is 4.74 Å². The summed E-state index contributed by atoms with van der Waals surface area (Å²) in [6.07, 6.45) is 4.37. The van der Waals surface area contributed by atoms with Gasteiger partial charge in [0.1, 0.15) is 0 Å². The minimum absolute atomic E-state index is 0.0545. The van der Waals surface area contributed by atoms with Crippen LogP contribution in [0.25, 0.3) is 0 Å². The molecule has 0 aromatic heterocycles. The number of hydrogen-bond donors (Lipinski definition) is 1. The summed E-state index contributed by atoms with van der Waals surface area (Å²) in [4.78, 5) is 0. The molecule has 2 rings (SSSR count). The number of rotatable bonds is 4. The van der Waals surface area contributed by atoms with Crippen LogP contribution >= 0.6 is 0 Å². The van der Waals surface area contributed by atoms with Crippen LogP contribution in [0.4, 0.5) is 0 Å². The number of benzene rings is 1. The average molecular weight is 233 g/mol. The molecule has 0 bridgehead atoms. The number of piperidine rings is 1. The zero-order valence-electron chi connectivity index (χ0n) is 11.0. The Morgan fingerprint density at radius 2 is 1.71 bits per heavy atom. The largest absolute Gasteiger partial charge is 0.378 e. The average Bonchev–Trinajstić information content (AvgIpc) is 2.41. The summed E-state index contributed by atoms with van der Waals surface area (Å²) in [7, 11) is 1.85. The Labute approximate surface area is 104 Å². The summed E-state index contributed by atoms with van der Waals surface area (Å²) in [6, 6.07) is 8.98. The topological polar surface area (TPSA) is 21.3 Å². The van der Waals surface area contributed by atoms with E-state index in [2.05, 4.69) is 36.5 Å². The van der Waals surface area contributed by atoms with Gasteiger partial charge in [-0.1, -0.05) is 31.2 Å². The molecule has 0 radical (unpaired) electrons. The maximum atomic E-state index is 5.80. The van der Waals surface area contributed by atoms with E-state index < -0.39 is 0 Å². The molecule has 0 unspecified atom stereocenters. The van der Waals surface area contributed by atoms with Gasteiger partial charge in [-0.25, -0.2) is 0 Å². The predicted molar refractivity (Wildman–Crippen MR) is 71.4 cm³/mol. The molecule has 1 N–H and O–H groups in total. The molecule has 2 heteroatoms. The molecular weight excluding hydrogens is 210 g/mol. The highest BCUT2D eigenvalue weighted by Crippen LogP contribution is 2.27. The zero-order valence-corrected chi connectivity index (χ0v) is 11.0. The second-order valence-corrected chi connectivity index (χ2v) is 4.98. The van der Waals surface area contributed by atoms with Gasteiger partial charge in [0, 0.05) is 13.5 Å². The Hall–Kier alpha value is -0.860. The van der Waals surface area contributed by atoms with Crippen LogP contribution < -0.4 is 5.32 Å². The van der Waals surface area contributed by atoms with Crippen molar-refractivity contribution in [2.75, 3.05) is 20.2 Å². The molecular formula is C15H23NO. The highest BCUT2D eigenvalue weighted by molar-refractivity contribution is 5.24. The number of aryl methyl sites for hydroxylation is 1. The Bertz CT molecular complexity index is 338. The van der Waals surface area contributed by atoms with E-state index in [1.807, 2.05) is 7.11 Å². The second kappa shape index (κ2) is 5.65. The maximum Gasteiger partial charge on any atom is 0.0743 e. The number of ether oxygens (including phenoxy) is 1. The van der Waals surface area contributed by atoms with Crippen LogP contribution in [-0.2, 0) is 17.6 Å². The molecule has 94 valence electrons. The number of hydrogen-bond acceptors (Lipinski definition) is 2. The SMILES string of the molecule is CCc1ccc(CC2(OC)CCNCC2)cc1. The Morgan fingerprint density at radius 1 is 1.12 bits per heavy atom. The molecule has 0 aliphatic carbocycles. The monoisotopic (exact) mass is 233 g/mol. The van der Waals surface area contributed by atoms with Crippen LogP contribution in [0.1, 0.15) is 30.9 Å². The Morgan fingerprint density at radius 3 is 2.24 bits per heavy atom. The van der Waals surface area contributed by atoms with E-state index in [1.54, 1.807) is 0 Å².